The molecular weight excluding hydrogens is 344 g/mol. The Bertz CT molecular complexity index is 832. The van der Waals surface area contributed by atoms with E-state index in [0.29, 0.717) is 24.6 Å². The largest absolute Gasteiger partial charge is 0.497 e. The molecule has 0 radical (unpaired) electrons. The van der Waals surface area contributed by atoms with Gasteiger partial charge in [-0.2, -0.15) is 4.68 Å². The monoisotopic (exact) mass is 370 g/mol. The molecule has 2 heterocycles. The SMILES string of the molecule is CCCNC(=O)[C@H]1CCCN(c2ccc(=O)n(-c3ccc(OC)cc3)n2)C1. The molecule has 0 saturated carbocycles. The number of amides is 1. The molecule has 27 heavy (non-hydrogen) atoms. The van der Waals surface area contributed by atoms with E-state index in [1.165, 1.54) is 10.7 Å². The number of nitrogens with one attached hydrogen (secondary N) is 1. The van der Waals surface area contributed by atoms with Crippen molar-refractivity contribution >= 4 is 11.7 Å². The molecule has 144 valence electrons. The second-order valence-electron chi connectivity index (χ2n) is 6.72. The van der Waals surface area contributed by atoms with Crippen LogP contribution in [0.4, 0.5) is 5.82 Å². The summed E-state index contributed by atoms with van der Waals surface area (Å²) in [4.78, 5) is 26.7. The van der Waals surface area contributed by atoms with Crippen LogP contribution in [0.3, 0.4) is 0 Å². The highest BCUT2D eigenvalue weighted by Gasteiger charge is 2.26. The second-order valence-corrected chi connectivity index (χ2v) is 6.72. The van der Waals surface area contributed by atoms with E-state index in [1.807, 2.05) is 6.92 Å². The van der Waals surface area contributed by atoms with Gasteiger partial charge >= 0.3 is 0 Å². The van der Waals surface area contributed by atoms with Gasteiger partial charge in [0.25, 0.3) is 5.56 Å². The number of aromatic nitrogens is 2. The first-order valence-electron chi connectivity index (χ1n) is 9.40. The zero-order chi connectivity index (χ0) is 19.2. The van der Waals surface area contributed by atoms with E-state index in [9.17, 15) is 9.59 Å². The third kappa shape index (κ3) is 4.48. The number of benzene rings is 1. The third-order valence-corrected chi connectivity index (χ3v) is 4.77. The lowest BCUT2D eigenvalue weighted by Crippen LogP contribution is -2.44. The van der Waals surface area contributed by atoms with E-state index in [1.54, 1.807) is 37.4 Å². The molecule has 1 aliphatic heterocycles. The molecule has 0 bridgehead atoms. The van der Waals surface area contributed by atoms with Crippen molar-refractivity contribution < 1.29 is 9.53 Å². The van der Waals surface area contributed by atoms with Crippen LogP contribution in [0, 0.1) is 5.92 Å². The summed E-state index contributed by atoms with van der Waals surface area (Å²) in [6.45, 7) is 4.18. The molecule has 2 aromatic rings. The van der Waals surface area contributed by atoms with E-state index in [4.69, 9.17) is 4.74 Å². The summed E-state index contributed by atoms with van der Waals surface area (Å²) in [5, 5.41) is 7.51. The van der Waals surface area contributed by atoms with Gasteiger partial charge in [0, 0.05) is 25.7 Å². The standard InChI is InChI=1S/C20H26N4O3/c1-3-12-21-20(26)15-5-4-13-23(14-15)18-10-11-19(25)24(22-18)16-6-8-17(27-2)9-7-16/h6-11,15H,3-5,12-14H2,1-2H3,(H,21,26)/t15-/m0/s1. The predicted molar refractivity (Wildman–Crippen MR) is 105 cm³/mol. The number of carbonyl (C=O) groups is 1. The van der Waals surface area contributed by atoms with E-state index in [0.717, 1.165) is 31.6 Å². The number of nitrogens with zero attached hydrogens (tertiary/aromatic N) is 3. The summed E-state index contributed by atoms with van der Waals surface area (Å²) in [6, 6.07) is 10.4. The first-order chi connectivity index (χ1) is 13.1. The number of carbonyl (C=O) groups excluding carboxylic acids is 1. The molecule has 1 aromatic carbocycles. The van der Waals surface area contributed by atoms with E-state index in [2.05, 4.69) is 15.3 Å². The minimum atomic E-state index is -0.196. The van der Waals surface area contributed by atoms with E-state index < -0.39 is 0 Å². The fourth-order valence-electron chi connectivity index (χ4n) is 3.27. The van der Waals surface area contributed by atoms with Gasteiger partial charge in [-0.25, -0.2) is 0 Å². The molecule has 1 atom stereocenters. The number of hydrogen-bond donors (Lipinski definition) is 1. The summed E-state index contributed by atoms with van der Waals surface area (Å²) in [7, 11) is 1.60. The molecular formula is C20H26N4O3. The van der Waals surface area contributed by atoms with Crippen LogP contribution < -0.4 is 20.5 Å². The second kappa shape index (κ2) is 8.70. The molecule has 7 heteroatoms. The molecule has 1 aliphatic rings. The Labute approximate surface area is 158 Å². The van der Waals surface area contributed by atoms with Gasteiger partial charge in [0.2, 0.25) is 5.91 Å². The molecule has 3 rings (SSSR count). The predicted octanol–water partition coefficient (Wildman–Crippen LogP) is 1.98. The van der Waals surface area contributed by atoms with Gasteiger partial charge in [-0.05, 0) is 49.6 Å². The van der Waals surface area contributed by atoms with E-state index in [-0.39, 0.29) is 17.4 Å². The van der Waals surface area contributed by atoms with Crippen LogP contribution in [-0.2, 0) is 4.79 Å². The fraction of sp³-hybridized carbons (Fsp3) is 0.450. The molecule has 1 amide bonds. The zero-order valence-corrected chi connectivity index (χ0v) is 15.9. The average Bonchev–Trinajstić information content (AvgIpc) is 2.72. The van der Waals surface area contributed by atoms with Crippen LogP contribution in [-0.4, -0.2) is 42.4 Å². The normalized spacial score (nSPS) is 16.8. The summed E-state index contributed by atoms with van der Waals surface area (Å²) in [6.07, 6.45) is 2.73. The maximum Gasteiger partial charge on any atom is 0.271 e. The Morgan fingerprint density at radius 1 is 1.26 bits per heavy atom. The van der Waals surface area contributed by atoms with Crippen molar-refractivity contribution in [1.29, 1.82) is 0 Å². The number of methoxy groups -OCH3 is 1. The summed E-state index contributed by atoms with van der Waals surface area (Å²) in [5.41, 5.74) is 0.482. The number of rotatable bonds is 6. The number of piperidine rings is 1. The third-order valence-electron chi connectivity index (χ3n) is 4.77. The van der Waals surface area contributed by atoms with Crippen molar-refractivity contribution in [3.05, 3.63) is 46.8 Å². The van der Waals surface area contributed by atoms with Gasteiger partial charge in [-0.1, -0.05) is 6.92 Å². The van der Waals surface area contributed by atoms with Crippen LogP contribution in [0.5, 0.6) is 5.75 Å². The smallest absolute Gasteiger partial charge is 0.271 e. The topological polar surface area (TPSA) is 76.5 Å². The lowest BCUT2D eigenvalue weighted by molar-refractivity contribution is -0.125. The Morgan fingerprint density at radius 3 is 2.74 bits per heavy atom. The maximum atomic E-state index is 12.3. The lowest BCUT2D eigenvalue weighted by Gasteiger charge is -2.32. The van der Waals surface area contributed by atoms with Crippen molar-refractivity contribution in [2.75, 3.05) is 31.6 Å². The fourth-order valence-corrected chi connectivity index (χ4v) is 3.27. The van der Waals surface area contributed by atoms with Gasteiger partial charge in [-0.15, -0.1) is 5.10 Å². The Hall–Kier alpha value is -2.83. The van der Waals surface area contributed by atoms with Crippen LogP contribution in [0.2, 0.25) is 0 Å². The van der Waals surface area contributed by atoms with Crippen LogP contribution in [0.15, 0.2) is 41.2 Å². The highest BCUT2D eigenvalue weighted by atomic mass is 16.5. The maximum absolute atomic E-state index is 12.3. The Kier molecular flexibility index (Phi) is 6.11. The molecule has 1 saturated heterocycles. The van der Waals surface area contributed by atoms with Gasteiger partial charge in [0.15, 0.2) is 0 Å². The summed E-state index contributed by atoms with van der Waals surface area (Å²) >= 11 is 0. The molecule has 1 N–H and O–H groups in total. The Balaban J connectivity index is 1.80. The van der Waals surface area contributed by atoms with Crippen LogP contribution in [0.25, 0.3) is 5.69 Å². The van der Waals surface area contributed by atoms with Gasteiger partial charge in [-0.3, -0.25) is 9.59 Å². The van der Waals surface area contributed by atoms with Crippen LogP contribution in [0.1, 0.15) is 26.2 Å². The quantitative estimate of drug-likeness (QED) is 0.841. The first kappa shape index (κ1) is 18.9. The van der Waals surface area contributed by atoms with Gasteiger partial charge in [0.1, 0.15) is 11.6 Å². The zero-order valence-electron chi connectivity index (χ0n) is 15.9. The van der Waals surface area contributed by atoms with E-state index >= 15 is 0 Å². The number of hydrogen-bond acceptors (Lipinski definition) is 5. The summed E-state index contributed by atoms with van der Waals surface area (Å²) in [5.74, 6) is 1.48. The molecule has 1 fully saturated rings. The number of anilines is 1. The van der Waals surface area contributed by atoms with Crippen molar-refractivity contribution in [2.45, 2.75) is 26.2 Å². The molecule has 0 aliphatic carbocycles. The van der Waals surface area contributed by atoms with Crippen molar-refractivity contribution in [3.8, 4) is 11.4 Å². The lowest BCUT2D eigenvalue weighted by atomic mass is 9.97. The minimum Gasteiger partial charge on any atom is -0.497 e. The number of ether oxygens (including phenoxy) is 1. The molecule has 7 nitrogen and oxygen atoms in total. The van der Waals surface area contributed by atoms with Crippen LogP contribution >= 0.6 is 0 Å². The Morgan fingerprint density at radius 2 is 2.04 bits per heavy atom. The van der Waals surface area contributed by atoms with Crippen molar-refractivity contribution in [2.24, 2.45) is 5.92 Å². The summed E-state index contributed by atoms with van der Waals surface area (Å²) < 4.78 is 6.55. The average molecular weight is 370 g/mol. The molecule has 1 aromatic heterocycles. The van der Waals surface area contributed by atoms with Gasteiger partial charge < -0.3 is 15.0 Å². The highest BCUT2D eigenvalue weighted by molar-refractivity contribution is 5.79. The molecule has 0 unspecified atom stereocenters. The van der Waals surface area contributed by atoms with Gasteiger partial charge in [0.05, 0.1) is 18.7 Å². The molecule has 0 spiro atoms. The first-order valence-corrected chi connectivity index (χ1v) is 9.40. The van der Waals surface area contributed by atoms with Crippen molar-refractivity contribution in [3.63, 3.8) is 0 Å². The highest BCUT2D eigenvalue weighted by Crippen LogP contribution is 2.22. The van der Waals surface area contributed by atoms with Crippen molar-refractivity contribution in [1.82, 2.24) is 15.1 Å². The minimum absolute atomic E-state index is 0.0477.